The van der Waals surface area contributed by atoms with E-state index < -0.39 is 0 Å². The normalized spacial score (nSPS) is 18.6. The van der Waals surface area contributed by atoms with Gasteiger partial charge in [0.15, 0.2) is 0 Å². The molecule has 0 amide bonds. The molecule has 1 N–H and O–H groups in total. The Bertz CT molecular complexity index is 286. The molecule has 0 saturated carbocycles. The van der Waals surface area contributed by atoms with Crippen LogP contribution in [0.3, 0.4) is 0 Å². The summed E-state index contributed by atoms with van der Waals surface area (Å²) in [6, 6.07) is 8.23. The second-order valence-corrected chi connectivity index (χ2v) is 3.96. The van der Waals surface area contributed by atoms with E-state index >= 15 is 0 Å². The van der Waals surface area contributed by atoms with Gasteiger partial charge in [-0.2, -0.15) is 0 Å². The molecule has 0 bridgehead atoms. The molecule has 1 atom stereocenters. The Hall–Kier alpha value is -1.02. The minimum absolute atomic E-state index is 0.359. The molecule has 1 unspecified atom stereocenters. The molecule has 0 aromatic heterocycles. The fourth-order valence-corrected chi connectivity index (χ4v) is 1.94. The summed E-state index contributed by atoms with van der Waals surface area (Å²) in [4.78, 5) is 2.39. The molecular weight excluding hydrogens is 174 g/mol. The zero-order valence-corrected chi connectivity index (χ0v) is 8.61. The number of aliphatic hydroxyl groups excluding tert-OH is 1. The molecule has 76 valence electrons. The quantitative estimate of drug-likeness (QED) is 0.775. The molecule has 1 fully saturated rings. The highest BCUT2D eigenvalue weighted by Crippen LogP contribution is 2.22. The number of hydrogen-bond donors (Lipinski definition) is 1. The van der Waals surface area contributed by atoms with Gasteiger partial charge in [0.05, 0.1) is 6.10 Å². The van der Waals surface area contributed by atoms with Crippen molar-refractivity contribution in [2.45, 2.75) is 25.9 Å². The third-order valence-electron chi connectivity index (χ3n) is 2.85. The minimum Gasteiger partial charge on any atom is -0.389 e. The van der Waals surface area contributed by atoms with Crippen molar-refractivity contribution in [2.24, 2.45) is 0 Å². The number of benzene rings is 1. The first-order chi connectivity index (χ1) is 6.77. The van der Waals surface area contributed by atoms with E-state index in [0.717, 1.165) is 5.56 Å². The van der Waals surface area contributed by atoms with E-state index in [4.69, 9.17) is 0 Å². The maximum absolute atomic E-state index is 9.37. The van der Waals surface area contributed by atoms with Gasteiger partial charge in [0.1, 0.15) is 0 Å². The molecule has 0 spiro atoms. The lowest BCUT2D eigenvalue weighted by Gasteiger charge is -2.18. The SMILES string of the molecule is CC(O)c1ccc(N2CCCC2)cc1. The number of aliphatic hydroxyl groups is 1. The summed E-state index contributed by atoms with van der Waals surface area (Å²) in [5, 5.41) is 9.37. The minimum atomic E-state index is -0.359. The third-order valence-corrected chi connectivity index (χ3v) is 2.85. The van der Waals surface area contributed by atoms with E-state index in [-0.39, 0.29) is 6.10 Å². The van der Waals surface area contributed by atoms with Crippen molar-refractivity contribution in [1.82, 2.24) is 0 Å². The molecule has 14 heavy (non-hydrogen) atoms. The molecule has 1 aromatic carbocycles. The van der Waals surface area contributed by atoms with E-state index in [1.54, 1.807) is 6.92 Å². The molecule has 1 saturated heterocycles. The average Bonchev–Trinajstić information content (AvgIpc) is 2.71. The monoisotopic (exact) mass is 191 g/mol. The topological polar surface area (TPSA) is 23.5 Å². The number of anilines is 1. The van der Waals surface area contributed by atoms with Crippen LogP contribution in [0.4, 0.5) is 5.69 Å². The second-order valence-electron chi connectivity index (χ2n) is 3.96. The summed E-state index contributed by atoms with van der Waals surface area (Å²) >= 11 is 0. The fraction of sp³-hybridized carbons (Fsp3) is 0.500. The van der Waals surface area contributed by atoms with Crippen LogP contribution in [0.15, 0.2) is 24.3 Å². The first kappa shape index (κ1) is 9.53. The van der Waals surface area contributed by atoms with Crippen LogP contribution < -0.4 is 4.90 Å². The predicted molar refractivity (Wildman–Crippen MR) is 58.5 cm³/mol. The Morgan fingerprint density at radius 3 is 2.21 bits per heavy atom. The molecule has 2 heteroatoms. The van der Waals surface area contributed by atoms with E-state index in [2.05, 4.69) is 17.0 Å². The summed E-state index contributed by atoms with van der Waals surface area (Å²) in [6.45, 7) is 4.15. The van der Waals surface area contributed by atoms with Gasteiger partial charge in [-0.25, -0.2) is 0 Å². The molecule has 0 aliphatic carbocycles. The van der Waals surface area contributed by atoms with E-state index in [1.807, 2.05) is 12.1 Å². The maximum Gasteiger partial charge on any atom is 0.0761 e. The zero-order chi connectivity index (χ0) is 9.97. The van der Waals surface area contributed by atoms with Crippen molar-refractivity contribution >= 4 is 5.69 Å². The standard InChI is InChI=1S/C12H17NO/c1-10(14)11-4-6-12(7-5-11)13-8-2-3-9-13/h4-7,10,14H,2-3,8-9H2,1H3. The van der Waals surface area contributed by atoms with Crippen molar-refractivity contribution in [3.8, 4) is 0 Å². The molecule has 1 aromatic rings. The number of nitrogens with zero attached hydrogens (tertiary/aromatic N) is 1. The van der Waals surface area contributed by atoms with Crippen LogP contribution in [-0.4, -0.2) is 18.2 Å². The van der Waals surface area contributed by atoms with Gasteiger partial charge in [0.25, 0.3) is 0 Å². The van der Waals surface area contributed by atoms with Crippen LogP contribution in [-0.2, 0) is 0 Å². The summed E-state index contributed by atoms with van der Waals surface area (Å²) in [5.41, 5.74) is 2.28. The Labute approximate surface area is 85.2 Å². The summed E-state index contributed by atoms with van der Waals surface area (Å²) in [6.07, 6.45) is 2.25. The van der Waals surface area contributed by atoms with Gasteiger partial charge < -0.3 is 10.0 Å². The van der Waals surface area contributed by atoms with Crippen LogP contribution >= 0.6 is 0 Å². The van der Waals surface area contributed by atoms with Crippen LogP contribution in [0.25, 0.3) is 0 Å². The van der Waals surface area contributed by atoms with Crippen LogP contribution in [0.5, 0.6) is 0 Å². The van der Waals surface area contributed by atoms with Crippen LogP contribution in [0.2, 0.25) is 0 Å². The summed E-state index contributed by atoms with van der Waals surface area (Å²) < 4.78 is 0. The molecule has 1 aliphatic rings. The number of hydrogen-bond acceptors (Lipinski definition) is 2. The van der Waals surface area contributed by atoms with Gasteiger partial charge in [-0.1, -0.05) is 12.1 Å². The molecule has 0 radical (unpaired) electrons. The molecule has 2 rings (SSSR count). The maximum atomic E-state index is 9.37. The highest BCUT2D eigenvalue weighted by molar-refractivity contribution is 5.48. The Morgan fingerprint density at radius 1 is 1.14 bits per heavy atom. The highest BCUT2D eigenvalue weighted by atomic mass is 16.3. The average molecular weight is 191 g/mol. The second kappa shape index (κ2) is 4.01. The van der Waals surface area contributed by atoms with Gasteiger partial charge in [-0.3, -0.25) is 0 Å². The highest BCUT2D eigenvalue weighted by Gasteiger charge is 2.11. The lowest BCUT2D eigenvalue weighted by molar-refractivity contribution is 0.199. The lowest BCUT2D eigenvalue weighted by atomic mass is 10.1. The van der Waals surface area contributed by atoms with Gasteiger partial charge >= 0.3 is 0 Å². The summed E-state index contributed by atoms with van der Waals surface area (Å²) in [5.74, 6) is 0. The predicted octanol–water partition coefficient (Wildman–Crippen LogP) is 2.34. The first-order valence-electron chi connectivity index (χ1n) is 5.30. The van der Waals surface area contributed by atoms with Crippen LogP contribution in [0, 0.1) is 0 Å². The molecule has 1 aliphatic heterocycles. The summed E-state index contributed by atoms with van der Waals surface area (Å²) in [7, 11) is 0. The van der Waals surface area contributed by atoms with Gasteiger partial charge in [-0.05, 0) is 37.5 Å². The van der Waals surface area contributed by atoms with E-state index in [0.29, 0.717) is 0 Å². The third kappa shape index (κ3) is 1.90. The van der Waals surface area contributed by atoms with Gasteiger partial charge in [0, 0.05) is 18.8 Å². The van der Waals surface area contributed by atoms with Gasteiger partial charge in [0.2, 0.25) is 0 Å². The smallest absolute Gasteiger partial charge is 0.0761 e. The van der Waals surface area contributed by atoms with Gasteiger partial charge in [-0.15, -0.1) is 0 Å². The molecule has 2 nitrogen and oxygen atoms in total. The molecule has 1 heterocycles. The van der Waals surface area contributed by atoms with Crippen molar-refractivity contribution in [2.75, 3.05) is 18.0 Å². The van der Waals surface area contributed by atoms with Crippen molar-refractivity contribution in [1.29, 1.82) is 0 Å². The van der Waals surface area contributed by atoms with Crippen molar-refractivity contribution in [3.05, 3.63) is 29.8 Å². The van der Waals surface area contributed by atoms with E-state index in [1.165, 1.54) is 31.6 Å². The van der Waals surface area contributed by atoms with Crippen molar-refractivity contribution in [3.63, 3.8) is 0 Å². The first-order valence-corrected chi connectivity index (χ1v) is 5.30. The van der Waals surface area contributed by atoms with Crippen LogP contribution in [0.1, 0.15) is 31.4 Å². The zero-order valence-electron chi connectivity index (χ0n) is 8.61. The Morgan fingerprint density at radius 2 is 1.71 bits per heavy atom. The van der Waals surface area contributed by atoms with E-state index in [9.17, 15) is 5.11 Å². The lowest BCUT2D eigenvalue weighted by Crippen LogP contribution is -2.17. The number of rotatable bonds is 2. The Kier molecular flexibility index (Phi) is 2.73. The largest absolute Gasteiger partial charge is 0.389 e. The Balaban J connectivity index is 2.12. The fourth-order valence-electron chi connectivity index (χ4n) is 1.94. The molecular formula is C12H17NO. The van der Waals surface area contributed by atoms with Crippen molar-refractivity contribution < 1.29 is 5.11 Å².